The lowest BCUT2D eigenvalue weighted by atomic mass is 10.2. The fourth-order valence-electron chi connectivity index (χ4n) is 2.29. The van der Waals surface area contributed by atoms with Crippen LogP contribution in [0.2, 0.25) is 0 Å². The predicted molar refractivity (Wildman–Crippen MR) is 68.6 cm³/mol. The first kappa shape index (κ1) is 11.1. The minimum Gasteiger partial charge on any atom is -0.256 e. The van der Waals surface area contributed by atoms with Crippen molar-refractivity contribution < 1.29 is 0 Å². The lowest BCUT2D eigenvalue weighted by Gasteiger charge is -2.06. The molecule has 1 saturated heterocycles. The summed E-state index contributed by atoms with van der Waals surface area (Å²) in [5.41, 5.74) is 7.60. The number of halogens is 1. The lowest BCUT2D eigenvalue weighted by Crippen LogP contribution is -2.25. The number of alkyl halides is 1. The van der Waals surface area contributed by atoms with E-state index in [0.717, 1.165) is 16.7 Å². The Balaban J connectivity index is 1.93. The van der Waals surface area contributed by atoms with E-state index in [4.69, 9.17) is 11.6 Å². The van der Waals surface area contributed by atoms with Gasteiger partial charge >= 0.3 is 0 Å². The van der Waals surface area contributed by atoms with Crippen molar-refractivity contribution in [2.75, 3.05) is 6.54 Å². The monoisotopic (exact) mass is 278 g/mol. The standard InChI is InChI=1S/C10H11ClN8/c1-18-9-5(2-14-18)10-15-8(17-19(10)4-12-9)7-6(11)3-13-16-7/h2,4,6-7,13,16H,3H2,1H3. The predicted octanol–water partition coefficient (Wildman–Crippen LogP) is -0.233. The second kappa shape index (κ2) is 3.86. The summed E-state index contributed by atoms with van der Waals surface area (Å²) in [7, 11) is 1.85. The van der Waals surface area contributed by atoms with E-state index in [1.54, 1.807) is 21.7 Å². The number of rotatable bonds is 1. The van der Waals surface area contributed by atoms with Crippen LogP contribution in [0.4, 0.5) is 0 Å². The number of nitrogens with zero attached hydrogens (tertiary/aromatic N) is 6. The van der Waals surface area contributed by atoms with Crippen molar-refractivity contribution in [3.05, 3.63) is 18.3 Å². The molecule has 2 unspecified atom stereocenters. The molecular weight excluding hydrogens is 268 g/mol. The molecule has 0 aliphatic carbocycles. The molecule has 98 valence electrons. The average Bonchev–Trinajstić information content (AvgIpc) is 3.07. The van der Waals surface area contributed by atoms with Gasteiger partial charge in [-0.3, -0.25) is 10.1 Å². The van der Waals surface area contributed by atoms with Gasteiger partial charge in [0.15, 0.2) is 17.1 Å². The Labute approximate surface area is 112 Å². The summed E-state index contributed by atoms with van der Waals surface area (Å²) < 4.78 is 3.37. The first-order chi connectivity index (χ1) is 9.24. The number of aromatic nitrogens is 6. The lowest BCUT2D eigenvalue weighted by molar-refractivity contribution is 0.555. The Morgan fingerprint density at radius 3 is 3.11 bits per heavy atom. The van der Waals surface area contributed by atoms with Gasteiger partial charge in [0.05, 0.1) is 17.0 Å². The molecule has 1 aliphatic heterocycles. The zero-order valence-corrected chi connectivity index (χ0v) is 10.8. The molecular formula is C10H11ClN8. The number of fused-ring (bicyclic) bond motifs is 3. The van der Waals surface area contributed by atoms with Gasteiger partial charge in [0.25, 0.3) is 0 Å². The first-order valence-electron chi connectivity index (χ1n) is 5.89. The van der Waals surface area contributed by atoms with Gasteiger partial charge in [-0.05, 0) is 0 Å². The Bertz CT molecular complexity index is 761. The second-order valence-electron chi connectivity index (χ2n) is 4.51. The van der Waals surface area contributed by atoms with Gasteiger partial charge in [-0.2, -0.15) is 5.10 Å². The van der Waals surface area contributed by atoms with Crippen molar-refractivity contribution in [3.8, 4) is 0 Å². The van der Waals surface area contributed by atoms with Crippen LogP contribution in [0, 0.1) is 0 Å². The summed E-state index contributed by atoms with van der Waals surface area (Å²) in [6.07, 6.45) is 3.39. The molecule has 9 heteroatoms. The van der Waals surface area contributed by atoms with Crippen LogP contribution < -0.4 is 10.9 Å². The quantitative estimate of drug-likeness (QED) is 0.598. The maximum atomic E-state index is 6.22. The van der Waals surface area contributed by atoms with Crippen LogP contribution in [0.3, 0.4) is 0 Å². The molecule has 3 aromatic rings. The topological polar surface area (TPSA) is 85.0 Å². The molecule has 8 nitrogen and oxygen atoms in total. The van der Waals surface area contributed by atoms with Gasteiger partial charge in [-0.25, -0.2) is 19.9 Å². The van der Waals surface area contributed by atoms with Crippen molar-refractivity contribution in [2.45, 2.75) is 11.4 Å². The maximum absolute atomic E-state index is 6.22. The molecule has 19 heavy (non-hydrogen) atoms. The van der Waals surface area contributed by atoms with E-state index in [9.17, 15) is 0 Å². The van der Waals surface area contributed by atoms with Crippen LogP contribution in [0.5, 0.6) is 0 Å². The Morgan fingerprint density at radius 1 is 1.42 bits per heavy atom. The van der Waals surface area contributed by atoms with Gasteiger partial charge < -0.3 is 0 Å². The van der Waals surface area contributed by atoms with Crippen molar-refractivity contribution in [1.29, 1.82) is 0 Å². The Morgan fingerprint density at radius 2 is 2.32 bits per heavy atom. The molecule has 0 amide bonds. The molecule has 0 radical (unpaired) electrons. The molecule has 0 aromatic carbocycles. The van der Waals surface area contributed by atoms with Crippen LogP contribution in [-0.4, -0.2) is 41.3 Å². The molecule has 2 N–H and O–H groups in total. The van der Waals surface area contributed by atoms with Crippen LogP contribution in [0.1, 0.15) is 11.9 Å². The van der Waals surface area contributed by atoms with Crippen LogP contribution in [0.15, 0.2) is 12.5 Å². The van der Waals surface area contributed by atoms with Crippen LogP contribution >= 0.6 is 11.6 Å². The number of hydrogen-bond acceptors (Lipinski definition) is 6. The smallest absolute Gasteiger partial charge is 0.171 e. The summed E-state index contributed by atoms with van der Waals surface area (Å²) >= 11 is 6.22. The number of aryl methyl sites for hydroxylation is 1. The van der Waals surface area contributed by atoms with Gasteiger partial charge in [-0.1, -0.05) is 0 Å². The molecule has 4 rings (SSSR count). The average molecular weight is 279 g/mol. The van der Waals surface area contributed by atoms with Gasteiger partial charge in [0.2, 0.25) is 0 Å². The van der Waals surface area contributed by atoms with Crippen molar-refractivity contribution in [1.82, 2.24) is 40.2 Å². The molecule has 0 saturated carbocycles. The molecule has 0 bridgehead atoms. The summed E-state index contributed by atoms with van der Waals surface area (Å²) in [4.78, 5) is 8.88. The van der Waals surface area contributed by atoms with Crippen molar-refractivity contribution >= 4 is 28.3 Å². The number of hydrazine groups is 1. The highest BCUT2D eigenvalue weighted by Crippen LogP contribution is 2.23. The van der Waals surface area contributed by atoms with E-state index in [0.29, 0.717) is 12.4 Å². The summed E-state index contributed by atoms with van der Waals surface area (Å²) in [5.74, 6) is 0.656. The first-order valence-corrected chi connectivity index (χ1v) is 6.33. The molecule has 4 heterocycles. The third kappa shape index (κ3) is 1.54. The van der Waals surface area contributed by atoms with Crippen molar-refractivity contribution in [3.63, 3.8) is 0 Å². The third-order valence-electron chi connectivity index (χ3n) is 3.28. The minimum atomic E-state index is -0.103. The maximum Gasteiger partial charge on any atom is 0.171 e. The largest absolute Gasteiger partial charge is 0.256 e. The highest BCUT2D eigenvalue weighted by molar-refractivity contribution is 6.21. The minimum absolute atomic E-state index is 0.0743. The van der Waals surface area contributed by atoms with Gasteiger partial charge in [0, 0.05) is 13.6 Å². The van der Waals surface area contributed by atoms with Crippen molar-refractivity contribution in [2.24, 2.45) is 7.05 Å². The normalized spacial score (nSPS) is 23.7. The zero-order valence-electron chi connectivity index (χ0n) is 10.1. The van der Waals surface area contributed by atoms with E-state index in [-0.39, 0.29) is 11.4 Å². The van der Waals surface area contributed by atoms with Gasteiger partial charge in [0.1, 0.15) is 12.4 Å². The molecule has 1 aliphatic rings. The summed E-state index contributed by atoms with van der Waals surface area (Å²) in [6.45, 7) is 0.683. The van der Waals surface area contributed by atoms with Crippen LogP contribution in [-0.2, 0) is 7.05 Å². The Hall–Kier alpha value is -1.77. The number of nitrogens with one attached hydrogen (secondary N) is 2. The van der Waals surface area contributed by atoms with E-state index in [1.165, 1.54) is 0 Å². The SMILES string of the molecule is Cn1ncc2c1ncn1nc(C3NNCC3Cl)nc21. The third-order valence-corrected chi connectivity index (χ3v) is 3.69. The highest BCUT2D eigenvalue weighted by Gasteiger charge is 2.30. The molecule has 1 fully saturated rings. The van der Waals surface area contributed by atoms with E-state index >= 15 is 0 Å². The fraction of sp³-hybridized carbons (Fsp3) is 0.400. The number of hydrogen-bond donors (Lipinski definition) is 2. The molecule has 3 aromatic heterocycles. The molecule has 2 atom stereocenters. The van der Waals surface area contributed by atoms with E-state index in [1.807, 2.05) is 7.05 Å². The van der Waals surface area contributed by atoms with Gasteiger partial charge in [-0.15, -0.1) is 16.7 Å². The van der Waals surface area contributed by atoms with Crippen LogP contribution in [0.25, 0.3) is 16.7 Å². The summed E-state index contributed by atoms with van der Waals surface area (Å²) in [5, 5.41) is 9.41. The second-order valence-corrected chi connectivity index (χ2v) is 5.07. The zero-order chi connectivity index (χ0) is 13.0. The highest BCUT2D eigenvalue weighted by atomic mass is 35.5. The fourth-order valence-corrected chi connectivity index (χ4v) is 2.54. The summed E-state index contributed by atoms with van der Waals surface area (Å²) in [6, 6.07) is -0.103. The molecule has 0 spiro atoms. The Kier molecular flexibility index (Phi) is 2.25. The van der Waals surface area contributed by atoms with E-state index in [2.05, 4.69) is 31.0 Å². The van der Waals surface area contributed by atoms with E-state index < -0.39 is 0 Å².